The third-order valence-electron chi connectivity index (χ3n) is 7.54. The molecule has 7 heteroatoms. The fourth-order valence-electron chi connectivity index (χ4n) is 5.52. The van der Waals surface area contributed by atoms with Gasteiger partial charge in [-0.1, -0.05) is 24.3 Å². The fourth-order valence-corrected chi connectivity index (χ4v) is 5.52. The first-order valence-electron chi connectivity index (χ1n) is 14.2. The van der Waals surface area contributed by atoms with Crippen molar-refractivity contribution in [2.45, 2.75) is 39.8 Å². The molecule has 0 spiro atoms. The predicted octanol–water partition coefficient (Wildman–Crippen LogP) is 8.28. The molecule has 1 N–H and O–H groups in total. The summed E-state index contributed by atoms with van der Waals surface area (Å²) in [7, 11) is 5.42. The maximum Gasteiger partial charge on any atom is 0.343 e. The fraction of sp³-hybridized carbons (Fsp3) is 0.250. The Hall–Kier alpha value is -4.78. The molecule has 222 valence electrons. The molecule has 0 amide bonds. The van der Waals surface area contributed by atoms with E-state index in [0.29, 0.717) is 22.8 Å². The number of fused-ring (bicyclic) bond motifs is 1. The van der Waals surface area contributed by atoms with Crippen LogP contribution in [-0.4, -0.2) is 32.7 Å². The molecule has 0 aromatic heterocycles. The van der Waals surface area contributed by atoms with Crippen LogP contribution >= 0.6 is 0 Å². The minimum atomic E-state index is -0.457. The first-order valence-corrected chi connectivity index (χ1v) is 14.2. The van der Waals surface area contributed by atoms with Gasteiger partial charge in [0.25, 0.3) is 0 Å². The summed E-state index contributed by atoms with van der Waals surface area (Å²) in [5.41, 5.74) is 7.76. The lowest BCUT2D eigenvalue weighted by molar-refractivity contribution is 0.0734. The summed E-state index contributed by atoms with van der Waals surface area (Å²) in [5.74, 6) is 0.589. The van der Waals surface area contributed by atoms with Gasteiger partial charge in [-0.15, -0.1) is 0 Å². The third-order valence-corrected chi connectivity index (χ3v) is 7.54. The Morgan fingerprint density at radius 2 is 1.70 bits per heavy atom. The van der Waals surface area contributed by atoms with E-state index in [9.17, 15) is 9.18 Å². The zero-order valence-corrected chi connectivity index (χ0v) is 25.7. The molecule has 1 aliphatic rings. The van der Waals surface area contributed by atoms with Crippen molar-refractivity contribution in [3.63, 3.8) is 0 Å². The van der Waals surface area contributed by atoms with Crippen LogP contribution in [0.5, 0.6) is 17.2 Å². The summed E-state index contributed by atoms with van der Waals surface area (Å²) in [6, 6.07) is 21.3. The number of hydrogen-bond acceptors (Lipinski definition) is 6. The Balaban J connectivity index is 1.54. The lowest BCUT2D eigenvalue weighted by Crippen LogP contribution is -2.32. The number of rotatable bonds is 8. The van der Waals surface area contributed by atoms with E-state index in [0.717, 1.165) is 44.8 Å². The number of nitrogens with zero attached hydrogens (tertiary/aromatic N) is 1. The molecule has 0 atom stereocenters. The minimum absolute atomic E-state index is 0.207. The van der Waals surface area contributed by atoms with Crippen LogP contribution in [0, 0.1) is 12.7 Å². The van der Waals surface area contributed by atoms with E-state index in [1.54, 1.807) is 37.4 Å². The molecule has 0 saturated carbocycles. The summed E-state index contributed by atoms with van der Waals surface area (Å²) in [5, 5.41) is 3.61. The van der Waals surface area contributed by atoms with Gasteiger partial charge in [0.05, 0.1) is 18.2 Å². The first-order chi connectivity index (χ1) is 20.5. The highest BCUT2D eigenvalue weighted by Gasteiger charge is 2.27. The Kier molecular flexibility index (Phi) is 8.18. The topological polar surface area (TPSA) is 60.0 Å². The van der Waals surface area contributed by atoms with Gasteiger partial charge >= 0.3 is 5.97 Å². The number of esters is 1. The number of benzene rings is 4. The van der Waals surface area contributed by atoms with Crippen molar-refractivity contribution in [1.29, 1.82) is 0 Å². The molecule has 0 fully saturated rings. The van der Waals surface area contributed by atoms with Crippen LogP contribution < -0.4 is 24.4 Å². The van der Waals surface area contributed by atoms with E-state index < -0.39 is 5.97 Å². The second kappa shape index (κ2) is 11.8. The largest absolute Gasteiger partial charge is 0.496 e. The van der Waals surface area contributed by atoms with E-state index in [1.165, 1.54) is 12.1 Å². The van der Waals surface area contributed by atoms with Crippen LogP contribution in [-0.2, 0) is 6.61 Å². The smallest absolute Gasteiger partial charge is 0.343 e. The van der Waals surface area contributed by atoms with Gasteiger partial charge in [0.15, 0.2) is 0 Å². The van der Waals surface area contributed by atoms with Crippen molar-refractivity contribution in [3.8, 4) is 28.4 Å². The number of ether oxygens (including phenoxy) is 3. The molecule has 0 bridgehead atoms. The summed E-state index contributed by atoms with van der Waals surface area (Å²) < 4.78 is 31.9. The summed E-state index contributed by atoms with van der Waals surface area (Å²) in [4.78, 5) is 14.9. The second-order valence-corrected chi connectivity index (χ2v) is 11.6. The maximum absolute atomic E-state index is 14.1. The zero-order valence-electron chi connectivity index (χ0n) is 25.7. The highest BCUT2D eigenvalue weighted by atomic mass is 19.1. The molecule has 43 heavy (non-hydrogen) atoms. The van der Waals surface area contributed by atoms with Crippen LogP contribution in [0.15, 0.2) is 78.9 Å². The highest BCUT2D eigenvalue weighted by molar-refractivity contribution is 5.93. The van der Waals surface area contributed by atoms with Gasteiger partial charge in [-0.2, -0.15) is 0 Å². The molecule has 1 aliphatic heterocycles. The molecule has 1 heterocycles. The number of allylic oxidation sites excluding steroid dienone is 1. The van der Waals surface area contributed by atoms with Gasteiger partial charge in [0.1, 0.15) is 29.7 Å². The van der Waals surface area contributed by atoms with Crippen LogP contribution in [0.1, 0.15) is 47.8 Å². The van der Waals surface area contributed by atoms with E-state index in [-0.39, 0.29) is 18.0 Å². The van der Waals surface area contributed by atoms with Gasteiger partial charge in [-0.3, -0.25) is 0 Å². The predicted molar refractivity (Wildman–Crippen MR) is 171 cm³/mol. The number of anilines is 2. The Bertz CT molecular complexity index is 1720. The van der Waals surface area contributed by atoms with Crippen LogP contribution in [0.3, 0.4) is 0 Å². The number of carbonyl (C=O) groups excluding carboxylic acids is 1. The van der Waals surface area contributed by atoms with Gasteiger partial charge < -0.3 is 24.4 Å². The number of nitrogens with one attached hydrogen (secondary N) is 1. The molecule has 4 aromatic carbocycles. The van der Waals surface area contributed by atoms with E-state index >= 15 is 0 Å². The molecule has 0 aliphatic carbocycles. The lowest BCUT2D eigenvalue weighted by atomic mass is 9.85. The summed E-state index contributed by atoms with van der Waals surface area (Å²) >= 11 is 0. The van der Waals surface area contributed by atoms with E-state index in [2.05, 4.69) is 38.2 Å². The van der Waals surface area contributed by atoms with E-state index in [4.69, 9.17) is 14.2 Å². The minimum Gasteiger partial charge on any atom is -0.496 e. The number of methoxy groups -OCH3 is 1. The zero-order chi connectivity index (χ0) is 30.9. The van der Waals surface area contributed by atoms with Gasteiger partial charge in [-0.05, 0) is 86.9 Å². The molecule has 6 nitrogen and oxygen atoms in total. The van der Waals surface area contributed by atoms with Gasteiger partial charge in [-0.25, -0.2) is 9.18 Å². The molecule has 5 rings (SSSR count). The quantitative estimate of drug-likeness (QED) is 0.167. The maximum atomic E-state index is 14.1. The third kappa shape index (κ3) is 6.36. The molecule has 0 saturated heterocycles. The molecular weight excluding hydrogens is 543 g/mol. The average Bonchev–Trinajstić information content (AvgIpc) is 2.96. The van der Waals surface area contributed by atoms with Crippen molar-refractivity contribution in [2.75, 3.05) is 31.4 Å². The van der Waals surface area contributed by atoms with Gasteiger partial charge in [0, 0.05) is 54.3 Å². The summed E-state index contributed by atoms with van der Waals surface area (Å²) in [6.45, 7) is 8.44. The van der Waals surface area contributed by atoms with Crippen molar-refractivity contribution in [2.24, 2.45) is 0 Å². The van der Waals surface area contributed by atoms with Crippen LogP contribution in [0.2, 0.25) is 0 Å². The van der Waals surface area contributed by atoms with E-state index in [1.807, 2.05) is 50.2 Å². The number of carbonyl (C=O) groups is 1. The molecule has 4 aromatic rings. The molecular formula is C36H37FN2O4. The molecule has 0 unspecified atom stereocenters. The van der Waals surface area contributed by atoms with Gasteiger partial charge in [0.2, 0.25) is 0 Å². The lowest BCUT2D eigenvalue weighted by Gasteiger charge is -2.33. The van der Waals surface area contributed by atoms with Crippen molar-refractivity contribution < 1.29 is 23.4 Å². The Labute approximate surface area is 252 Å². The van der Waals surface area contributed by atoms with Crippen molar-refractivity contribution >= 4 is 22.9 Å². The highest BCUT2D eigenvalue weighted by Crippen LogP contribution is 2.43. The SMILES string of the molecule is COc1cc(OC(=O)c2cccc(N(C)C)c2)ccc1-c1ccc2c(c1COc1cc(F)ccc1C)C(C)=CC(C)(C)N2. The normalized spacial score (nSPS) is 13.3. The monoisotopic (exact) mass is 580 g/mol. The summed E-state index contributed by atoms with van der Waals surface area (Å²) in [6.07, 6.45) is 2.20. The van der Waals surface area contributed by atoms with Crippen molar-refractivity contribution in [1.82, 2.24) is 0 Å². The average molecular weight is 581 g/mol. The standard InChI is InChI=1S/C36H37FN2O4/c1-22-11-12-25(37)18-32(22)42-21-30-28(15-16-31-34(30)23(2)20-36(3,4)38-31)29-14-13-27(19-33(29)41-7)43-35(40)24-9-8-10-26(17-24)39(5)6/h8-20,38H,21H2,1-7H3. The first kappa shape index (κ1) is 29.7. The van der Waals surface area contributed by atoms with Crippen LogP contribution in [0.25, 0.3) is 16.7 Å². The Morgan fingerprint density at radius 3 is 2.44 bits per heavy atom. The Morgan fingerprint density at radius 1 is 0.930 bits per heavy atom. The molecule has 0 radical (unpaired) electrons. The number of halogens is 1. The van der Waals surface area contributed by atoms with Crippen LogP contribution in [0.4, 0.5) is 15.8 Å². The van der Waals surface area contributed by atoms with Crippen molar-refractivity contribution in [3.05, 3.63) is 107 Å². The number of aryl methyl sites for hydroxylation is 1. The second-order valence-electron chi connectivity index (χ2n) is 11.6. The number of hydrogen-bond donors (Lipinski definition) is 1.